The Hall–Kier alpha value is -3.26. The lowest BCUT2D eigenvalue weighted by Gasteiger charge is -2.11. The van der Waals surface area contributed by atoms with Gasteiger partial charge in [-0.15, -0.1) is 0 Å². The number of benzene rings is 2. The third-order valence-electron chi connectivity index (χ3n) is 3.96. The van der Waals surface area contributed by atoms with Crippen molar-refractivity contribution in [1.82, 2.24) is 21.5 Å². The Morgan fingerprint density at radius 1 is 0.690 bits per heavy atom. The Morgan fingerprint density at radius 3 is 1.93 bits per heavy atom. The van der Waals surface area contributed by atoms with Crippen LogP contribution in [0, 0.1) is 0 Å². The molecular formula is C21H24N4O3S. The van der Waals surface area contributed by atoms with Crippen molar-refractivity contribution >= 4 is 35.1 Å². The quantitative estimate of drug-likeness (QED) is 0.391. The summed E-state index contributed by atoms with van der Waals surface area (Å²) in [4.78, 5) is 35.5. The Labute approximate surface area is 175 Å². The molecule has 0 unspecified atom stereocenters. The van der Waals surface area contributed by atoms with Gasteiger partial charge in [-0.2, -0.15) is 0 Å². The van der Waals surface area contributed by atoms with E-state index >= 15 is 0 Å². The van der Waals surface area contributed by atoms with Crippen molar-refractivity contribution in [2.45, 2.75) is 32.2 Å². The highest BCUT2D eigenvalue weighted by atomic mass is 32.1. The number of hydrogen-bond acceptors (Lipinski definition) is 4. The first-order chi connectivity index (χ1) is 14.0. The van der Waals surface area contributed by atoms with Gasteiger partial charge in [-0.3, -0.25) is 25.2 Å². The van der Waals surface area contributed by atoms with Crippen molar-refractivity contribution in [2.24, 2.45) is 0 Å². The number of rotatable bonds is 8. The molecule has 0 saturated heterocycles. The van der Waals surface area contributed by atoms with Crippen LogP contribution in [0.5, 0.6) is 0 Å². The minimum atomic E-state index is -0.402. The highest BCUT2D eigenvalue weighted by molar-refractivity contribution is 7.80. The van der Waals surface area contributed by atoms with Gasteiger partial charge in [0, 0.05) is 25.8 Å². The lowest BCUT2D eigenvalue weighted by atomic mass is 10.1. The molecular weight excluding hydrogens is 388 g/mol. The average molecular weight is 413 g/mol. The molecule has 0 atom stereocenters. The largest absolute Gasteiger partial charge is 0.352 e. The molecule has 0 spiro atoms. The number of aryl methyl sites for hydroxylation is 1. The maximum absolute atomic E-state index is 11.9. The van der Waals surface area contributed by atoms with Crippen LogP contribution < -0.4 is 21.5 Å². The number of carbonyl (C=O) groups excluding carboxylic acids is 3. The third kappa shape index (κ3) is 9.48. The van der Waals surface area contributed by atoms with Crippen LogP contribution in [-0.2, 0) is 27.3 Å². The van der Waals surface area contributed by atoms with Gasteiger partial charge in [-0.25, -0.2) is 0 Å². The summed E-state index contributed by atoms with van der Waals surface area (Å²) >= 11 is 4.97. The topological polar surface area (TPSA) is 99.3 Å². The molecule has 7 nitrogen and oxygen atoms in total. The summed E-state index contributed by atoms with van der Waals surface area (Å²) in [6.45, 7) is 0.415. The van der Waals surface area contributed by atoms with Crippen LogP contribution in [0.4, 0.5) is 0 Å². The maximum Gasteiger partial charge on any atom is 0.238 e. The molecule has 3 amide bonds. The van der Waals surface area contributed by atoms with Gasteiger partial charge in [0.05, 0.1) is 0 Å². The first-order valence-corrected chi connectivity index (χ1v) is 9.67. The fraction of sp³-hybridized carbons (Fsp3) is 0.238. The van der Waals surface area contributed by atoms with Gasteiger partial charge < -0.3 is 10.6 Å². The fourth-order valence-corrected chi connectivity index (χ4v) is 2.59. The number of hydrogen-bond donors (Lipinski definition) is 4. The maximum atomic E-state index is 11.9. The summed E-state index contributed by atoms with van der Waals surface area (Å²) in [5.41, 5.74) is 6.87. The van der Waals surface area contributed by atoms with E-state index in [4.69, 9.17) is 12.2 Å². The molecule has 2 aromatic rings. The molecule has 0 aliphatic carbocycles. The lowest BCUT2D eigenvalue weighted by molar-refractivity contribution is -0.126. The van der Waals surface area contributed by atoms with Crippen molar-refractivity contribution in [3.05, 3.63) is 71.8 Å². The summed E-state index contributed by atoms with van der Waals surface area (Å²) in [6, 6.07) is 19.1. The Kier molecular flexibility index (Phi) is 9.31. The lowest BCUT2D eigenvalue weighted by Crippen LogP contribution is -2.48. The summed E-state index contributed by atoms with van der Waals surface area (Å²) in [7, 11) is 0. The SMILES string of the molecule is O=C(CCC(=O)NNC(=S)NC(=O)CCc1ccccc1)NCc1ccccc1. The van der Waals surface area contributed by atoms with Crippen LogP contribution in [0.2, 0.25) is 0 Å². The van der Waals surface area contributed by atoms with Gasteiger partial charge in [-0.05, 0) is 29.8 Å². The van der Waals surface area contributed by atoms with E-state index in [9.17, 15) is 14.4 Å². The molecule has 0 aliphatic heterocycles. The second-order valence-electron chi connectivity index (χ2n) is 6.30. The van der Waals surface area contributed by atoms with E-state index in [1.807, 2.05) is 60.7 Å². The summed E-state index contributed by atoms with van der Waals surface area (Å²) in [6.07, 6.45) is 0.926. The van der Waals surface area contributed by atoms with Crippen LogP contribution in [0.25, 0.3) is 0 Å². The van der Waals surface area contributed by atoms with Crippen LogP contribution in [-0.4, -0.2) is 22.8 Å². The molecule has 2 aromatic carbocycles. The molecule has 0 heterocycles. The molecule has 0 aliphatic rings. The predicted molar refractivity (Wildman–Crippen MR) is 114 cm³/mol. The van der Waals surface area contributed by atoms with Gasteiger partial charge in [-0.1, -0.05) is 60.7 Å². The zero-order valence-electron chi connectivity index (χ0n) is 15.9. The van der Waals surface area contributed by atoms with Crippen LogP contribution >= 0.6 is 12.2 Å². The zero-order valence-corrected chi connectivity index (χ0v) is 16.8. The van der Waals surface area contributed by atoms with Gasteiger partial charge in [0.2, 0.25) is 17.7 Å². The van der Waals surface area contributed by atoms with Crippen LogP contribution in [0.3, 0.4) is 0 Å². The predicted octanol–water partition coefficient (Wildman–Crippen LogP) is 1.74. The Morgan fingerprint density at radius 2 is 1.28 bits per heavy atom. The minimum absolute atomic E-state index is 0.00180. The van der Waals surface area contributed by atoms with E-state index in [1.165, 1.54) is 0 Å². The highest BCUT2D eigenvalue weighted by Gasteiger charge is 2.09. The first-order valence-electron chi connectivity index (χ1n) is 9.26. The molecule has 0 aromatic heterocycles. The highest BCUT2D eigenvalue weighted by Crippen LogP contribution is 2.02. The van der Waals surface area contributed by atoms with Crippen molar-refractivity contribution < 1.29 is 14.4 Å². The molecule has 0 fully saturated rings. The normalized spacial score (nSPS) is 9.93. The fourth-order valence-electron chi connectivity index (χ4n) is 2.42. The van der Waals surface area contributed by atoms with Gasteiger partial charge >= 0.3 is 0 Å². The number of thiocarbonyl (C=S) groups is 1. The van der Waals surface area contributed by atoms with Crippen molar-refractivity contribution in [3.63, 3.8) is 0 Å². The molecule has 2 rings (SSSR count). The van der Waals surface area contributed by atoms with E-state index in [0.717, 1.165) is 11.1 Å². The van der Waals surface area contributed by atoms with E-state index in [0.29, 0.717) is 13.0 Å². The van der Waals surface area contributed by atoms with Crippen molar-refractivity contribution in [3.8, 4) is 0 Å². The third-order valence-corrected chi connectivity index (χ3v) is 4.17. The zero-order chi connectivity index (χ0) is 20.9. The van der Waals surface area contributed by atoms with E-state index < -0.39 is 5.91 Å². The molecule has 0 radical (unpaired) electrons. The molecule has 0 saturated carbocycles. The second-order valence-corrected chi connectivity index (χ2v) is 6.71. The Bertz CT molecular complexity index is 828. The second kappa shape index (κ2) is 12.2. The summed E-state index contributed by atoms with van der Waals surface area (Å²) in [5, 5.41) is 5.25. The van der Waals surface area contributed by atoms with E-state index in [1.54, 1.807) is 0 Å². The van der Waals surface area contributed by atoms with Crippen molar-refractivity contribution in [2.75, 3.05) is 0 Å². The number of nitrogens with one attached hydrogen (secondary N) is 4. The first kappa shape index (κ1) is 22.0. The smallest absolute Gasteiger partial charge is 0.238 e. The van der Waals surface area contributed by atoms with Gasteiger partial charge in [0.25, 0.3) is 0 Å². The molecule has 8 heteroatoms. The number of carbonyl (C=O) groups is 3. The van der Waals surface area contributed by atoms with Crippen molar-refractivity contribution in [1.29, 1.82) is 0 Å². The van der Waals surface area contributed by atoms with Gasteiger partial charge in [0.15, 0.2) is 5.11 Å². The molecule has 4 N–H and O–H groups in total. The number of amides is 3. The average Bonchev–Trinajstić information content (AvgIpc) is 2.75. The van der Waals surface area contributed by atoms with Crippen LogP contribution in [0.15, 0.2) is 60.7 Å². The summed E-state index contributed by atoms with van der Waals surface area (Å²) in [5.74, 6) is -0.873. The minimum Gasteiger partial charge on any atom is -0.352 e. The summed E-state index contributed by atoms with van der Waals surface area (Å²) < 4.78 is 0. The van der Waals surface area contributed by atoms with E-state index in [2.05, 4.69) is 21.5 Å². The standard InChI is InChI=1S/C21H24N4O3S/c26-18(22-15-17-9-5-2-6-10-17)13-14-20(28)24-25-21(29)23-19(27)12-11-16-7-3-1-4-8-16/h1-10H,11-15H2,(H,22,26)(H,24,28)(H2,23,25,27,29). The Balaban J connectivity index is 1.56. The van der Waals surface area contributed by atoms with Crippen LogP contribution in [0.1, 0.15) is 30.4 Å². The van der Waals surface area contributed by atoms with E-state index in [-0.39, 0.29) is 36.2 Å². The van der Waals surface area contributed by atoms with Gasteiger partial charge in [0.1, 0.15) is 0 Å². The number of hydrazine groups is 1. The molecule has 152 valence electrons. The molecule has 0 bridgehead atoms. The monoisotopic (exact) mass is 412 g/mol. The molecule has 29 heavy (non-hydrogen) atoms.